The normalized spacial score (nSPS) is 15.4. The van der Waals surface area contributed by atoms with Crippen molar-refractivity contribution in [3.05, 3.63) is 65.7 Å². The standard InChI is InChI=1S/C21H27N3O2.ClH/c22-12-14-24(13-10-17-6-2-1-3-7-17)16-21(25)23-19-11-15-26-20-9-5-4-8-18(19)20;/h1-9,19H,10-16,22H2,(H,23,25);1H. The number of carbonyl (C=O) groups excluding carboxylic acids is 1. The van der Waals surface area contributed by atoms with Gasteiger partial charge in [-0.3, -0.25) is 9.69 Å². The summed E-state index contributed by atoms with van der Waals surface area (Å²) >= 11 is 0. The van der Waals surface area contributed by atoms with Gasteiger partial charge in [-0.25, -0.2) is 0 Å². The van der Waals surface area contributed by atoms with E-state index in [1.165, 1.54) is 5.56 Å². The van der Waals surface area contributed by atoms with E-state index in [9.17, 15) is 4.79 Å². The molecule has 1 unspecified atom stereocenters. The lowest BCUT2D eigenvalue weighted by Gasteiger charge is -2.28. The molecule has 0 bridgehead atoms. The number of halogens is 1. The number of benzene rings is 2. The number of nitrogens with two attached hydrogens (primary N) is 1. The molecule has 5 nitrogen and oxygen atoms in total. The number of amides is 1. The zero-order valence-corrected chi connectivity index (χ0v) is 16.3. The molecule has 0 aliphatic carbocycles. The van der Waals surface area contributed by atoms with E-state index in [1.54, 1.807) is 0 Å². The van der Waals surface area contributed by atoms with Crippen LogP contribution in [0.25, 0.3) is 0 Å². The second-order valence-electron chi connectivity index (χ2n) is 6.60. The number of fused-ring (bicyclic) bond motifs is 1. The smallest absolute Gasteiger partial charge is 0.234 e. The Bertz CT molecular complexity index is 712. The first kappa shape index (κ1) is 21.2. The Labute approximate surface area is 167 Å². The van der Waals surface area contributed by atoms with Crippen LogP contribution in [-0.2, 0) is 11.2 Å². The Morgan fingerprint density at radius 3 is 2.63 bits per heavy atom. The van der Waals surface area contributed by atoms with Crippen LogP contribution in [0, 0.1) is 0 Å². The van der Waals surface area contributed by atoms with Crippen molar-refractivity contribution >= 4 is 18.3 Å². The quantitative estimate of drug-likeness (QED) is 0.728. The number of nitrogens with zero attached hydrogens (tertiary/aromatic N) is 1. The molecule has 3 rings (SSSR count). The highest BCUT2D eigenvalue weighted by Gasteiger charge is 2.23. The van der Waals surface area contributed by atoms with Crippen molar-refractivity contribution in [2.24, 2.45) is 5.73 Å². The van der Waals surface area contributed by atoms with E-state index in [-0.39, 0.29) is 24.4 Å². The topological polar surface area (TPSA) is 67.6 Å². The first-order valence-corrected chi connectivity index (χ1v) is 9.23. The van der Waals surface area contributed by atoms with Crippen molar-refractivity contribution in [1.82, 2.24) is 10.2 Å². The molecular formula is C21H28ClN3O2. The third-order valence-electron chi connectivity index (χ3n) is 4.67. The lowest BCUT2D eigenvalue weighted by atomic mass is 10.0. The number of hydrogen-bond acceptors (Lipinski definition) is 4. The minimum absolute atomic E-state index is 0. The van der Waals surface area contributed by atoms with Crippen LogP contribution in [0.15, 0.2) is 54.6 Å². The summed E-state index contributed by atoms with van der Waals surface area (Å²) < 4.78 is 5.66. The van der Waals surface area contributed by atoms with E-state index in [1.807, 2.05) is 42.5 Å². The molecular weight excluding hydrogens is 362 g/mol. The van der Waals surface area contributed by atoms with E-state index in [4.69, 9.17) is 10.5 Å². The average molecular weight is 390 g/mol. The molecule has 0 radical (unpaired) electrons. The molecule has 0 aromatic heterocycles. The van der Waals surface area contributed by atoms with Crippen LogP contribution in [0.1, 0.15) is 23.6 Å². The molecule has 146 valence electrons. The number of para-hydroxylation sites is 1. The van der Waals surface area contributed by atoms with Gasteiger partial charge in [0.2, 0.25) is 5.91 Å². The molecule has 1 aliphatic heterocycles. The zero-order valence-electron chi connectivity index (χ0n) is 15.5. The van der Waals surface area contributed by atoms with Crippen molar-refractivity contribution in [2.75, 3.05) is 32.8 Å². The summed E-state index contributed by atoms with van der Waals surface area (Å²) in [5, 5.41) is 3.16. The third-order valence-corrected chi connectivity index (χ3v) is 4.67. The molecule has 3 N–H and O–H groups in total. The summed E-state index contributed by atoms with van der Waals surface area (Å²) in [5.74, 6) is 0.903. The van der Waals surface area contributed by atoms with Gasteiger partial charge < -0.3 is 15.8 Å². The van der Waals surface area contributed by atoms with E-state index >= 15 is 0 Å². The molecule has 0 saturated heterocycles. The van der Waals surface area contributed by atoms with Gasteiger partial charge in [0, 0.05) is 31.6 Å². The second-order valence-corrected chi connectivity index (χ2v) is 6.60. The Morgan fingerprint density at radius 2 is 1.85 bits per heavy atom. The number of carbonyl (C=O) groups is 1. The van der Waals surface area contributed by atoms with Gasteiger partial charge in [0.05, 0.1) is 19.2 Å². The van der Waals surface area contributed by atoms with Gasteiger partial charge in [-0.05, 0) is 18.1 Å². The van der Waals surface area contributed by atoms with Crippen LogP contribution in [0.4, 0.5) is 0 Å². The fraction of sp³-hybridized carbons (Fsp3) is 0.381. The highest BCUT2D eigenvalue weighted by atomic mass is 35.5. The van der Waals surface area contributed by atoms with Crippen LogP contribution in [0.5, 0.6) is 5.75 Å². The van der Waals surface area contributed by atoms with Crippen molar-refractivity contribution in [1.29, 1.82) is 0 Å². The number of nitrogens with one attached hydrogen (secondary N) is 1. The molecule has 1 heterocycles. The number of rotatable bonds is 8. The molecule has 0 saturated carbocycles. The third kappa shape index (κ3) is 6.24. The van der Waals surface area contributed by atoms with Gasteiger partial charge in [-0.1, -0.05) is 48.5 Å². The van der Waals surface area contributed by atoms with Crippen molar-refractivity contribution in [2.45, 2.75) is 18.9 Å². The zero-order chi connectivity index (χ0) is 18.2. The first-order valence-electron chi connectivity index (χ1n) is 9.23. The highest BCUT2D eigenvalue weighted by Crippen LogP contribution is 2.31. The number of ether oxygens (including phenoxy) is 1. The fourth-order valence-electron chi connectivity index (χ4n) is 3.32. The van der Waals surface area contributed by atoms with Gasteiger partial charge >= 0.3 is 0 Å². The van der Waals surface area contributed by atoms with Gasteiger partial charge in [-0.15, -0.1) is 12.4 Å². The molecule has 1 amide bonds. The Hall–Kier alpha value is -2.08. The molecule has 27 heavy (non-hydrogen) atoms. The molecule has 0 fully saturated rings. The summed E-state index contributed by atoms with van der Waals surface area (Å²) in [6, 6.07) is 18.2. The second kappa shape index (κ2) is 10.9. The van der Waals surface area contributed by atoms with Gasteiger partial charge in [0.25, 0.3) is 0 Å². The Kier molecular flexibility index (Phi) is 8.58. The largest absolute Gasteiger partial charge is 0.493 e. The molecule has 1 aliphatic rings. The Balaban J connectivity index is 0.00000261. The van der Waals surface area contributed by atoms with E-state index in [2.05, 4.69) is 22.3 Å². The van der Waals surface area contributed by atoms with Gasteiger partial charge in [0.1, 0.15) is 5.75 Å². The summed E-state index contributed by atoms with van der Waals surface area (Å²) in [6.07, 6.45) is 1.71. The van der Waals surface area contributed by atoms with Crippen molar-refractivity contribution < 1.29 is 9.53 Å². The first-order chi connectivity index (χ1) is 12.8. The van der Waals surface area contributed by atoms with E-state index < -0.39 is 0 Å². The van der Waals surface area contributed by atoms with E-state index in [0.717, 1.165) is 30.7 Å². The maximum absolute atomic E-state index is 12.6. The molecule has 0 spiro atoms. The predicted octanol–water partition coefficient (Wildman–Crippen LogP) is 2.55. The molecule has 2 aromatic carbocycles. The fourth-order valence-corrected chi connectivity index (χ4v) is 3.32. The van der Waals surface area contributed by atoms with Crippen molar-refractivity contribution in [3.8, 4) is 5.75 Å². The highest BCUT2D eigenvalue weighted by molar-refractivity contribution is 5.85. The minimum atomic E-state index is 0. The lowest BCUT2D eigenvalue weighted by Crippen LogP contribution is -2.42. The molecule has 2 aromatic rings. The van der Waals surface area contributed by atoms with Crippen LogP contribution in [0.2, 0.25) is 0 Å². The van der Waals surface area contributed by atoms with Gasteiger partial charge in [-0.2, -0.15) is 0 Å². The SMILES string of the molecule is Cl.NCCN(CCc1ccccc1)CC(=O)NC1CCOc2ccccc21. The maximum Gasteiger partial charge on any atom is 0.234 e. The maximum atomic E-state index is 12.6. The summed E-state index contributed by atoms with van der Waals surface area (Å²) in [7, 11) is 0. The summed E-state index contributed by atoms with van der Waals surface area (Å²) in [4.78, 5) is 14.7. The summed E-state index contributed by atoms with van der Waals surface area (Å²) in [6.45, 7) is 3.07. The van der Waals surface area contributed by atoms with Crippen molar-refractivity contribution in [3.63, 3.8) is 0 Å². The minimum Gasteiger partial charge on any atom is -0.493 e. The van der Waals surface area contributed by atoms with Crippen LogP contribution >= 0.6 is 12.4 Å². The number of hydrogen-bond donors (Lipinski definition) is 2. The average Bonchev–Trinajstić information content (AvgIpc) is 2.67. The lowest BCUT2D eigenvalue weighted by molar-refractivity contribution is -0.123. The van der Waals surface area contributed by atoms with Gasteiger partial charge in [0.15, 0.2) is 0 Å². The van der Waals surface area contributed by atoms with Crippen LogP contribution in [0.3, 0.4) is 0 Å². The molecule has 6 heteroatoms. The monoisotopic (exact) mass is 389 g/mol. The molecule has 1 atom stereocenters. The van der Waals surface area contributed by atoms with Crippen LogP contribution < -0.4 is 15.8 Å². The van der Waals surface area contributed by atoms with E-state index in [0.29, 0.717) is 26.2 Å². The van der Waals surface area contributed by atoms with Crippen LogP contribution in [-0.4, -0.2) is 43.6 Å². The summed E-state index contributed by atoms with van der Waals surface area (Å²) in [5.41, 5.74) is 8.06. The predicted molar refractivity (Wildman–Crippen MR) is 110 cm³/mol. The Morgan fingerprint density at radius 1 is 1.11 bits per heavy atom.